The standard InChI is InChI=1S/C28H24N2O8/c1-35-22-15-19(13-14-21(22)38-16-17-9-11-18(12-10-17)26(31)32)24-23(27(33)36-2)25(28(34)37-3)30(29-24)20-7-5-4-6-8-20/h4-15H,16H2,1-3H3,(H,31,32). The van der Waals surface area contributed by atoms with Gasteiger partial charge in [-0.15, -0.1) is 0 Å². The van der Waals surface area contributed by atoms with Gasteiger partial charge in [0, 0.05) is 5.56 Å². The molecule has 0 bridgehead atoms. The lowest BCUT2D eigenvalue weighted by atomic mass is 10.0. The Morgan fingerprint density at radius 3 is 2.13 bits per heavy atom. The monoisotopic (exact) mass is 516 g/mol. The van der Waals surface area contributed by atoms with Crippen LogP contribution < -0.4 is 9.47 Å². The molecule has 0 saturated heterocycles. The molecule has 1 aromatic heterocycles. The molecule has 0 atom stereocenters. The number of benzene rings is 3. The maximum absolute atomic E-state index is 12.9. The number of carboxylic acids is 1. The Morgan fingerprint density at radius 2 is 1.53 bits per heavy atom. The van der Waals surface area contributed by atoms with Gasteiger partial charge in [-0.3, -0.25) is 0 Å². The Morgan fingerprint density at radius 1 is 0.842 bits per heavy atom. The first-order valence-electron chi connectivity index (χ1n) is 11.4. The molecular formula is C28H24N2O8. The first-order valence-corrected chi connectivity index (χ1v) is 11.4. The summed E-state index contributed by atoms with van der Waals surface area (Å²) >= 11 is 0. The van der Waals surface area contributed by atoms with Crippen molar-refractivity contribution in [1.82, 2.24) is 9.78 Å². The largest absolute Gasteiger partial charge is 0.493 e. The fourth-order valence-corrected chi connectivity index (χ4v) is 3.80. The Hall–Kier alpha value is -5.12. The Bertz CT molecular complexity index is 1480. The zero-order valence-electron chi connectivity index (χ0n) is 20.8. The minimum atomic E-state index is -1.01. The number of carboxylic acid groups (broad SMARTS) is 1. The molecule has 0 radical (unpaired) electrons. The lowest BCUT2D eigenvalue weighted by Gasteiger charge is -2.12. The van der Waals surface area contributed by atoms with E-state index < -0.39 is 17.9 Å². The molecule has 194 valence electrons. The third-order valence-corrected chi connectivity index (χ3v) is 5.69. The van der Waals surface area contributed by atoms with Crippen LogP contribution in [0.1, 0.15) is 36.8 Å². The molecule has 0 amide bonds. The van der Waals surface area contributed by atoms with E-state index in [1.807, 2.05) is 6.07 Å². The average Bonchev–Trinajstić information content (AvgIpc) is 3.36. The second-order valence-electron chi connectivity index (χ2n) is 7.96. The number of aromatic nitrogens is 2. The smallest absolute Gasteiger partial charge is 0.357 e. The number of hydrogen-bond acceptors (Lipinski definition) is 8. The molecule has 0 fully saturated rings. The van der Waals surface area contributed by atoms with E-state index >= 15 is 0 Å². The van der Waals surface area contributed by atoms with Crippen LogP contribution in [-0.4, -0.2) is 54.1 Å². The van der Waals surface area contributed by atoms with Crippen LogP contribution >= 0.6 is 0 Å². The van der Waals surface area contributed by atoms with Gasteiger partial charge in [0.15, 0.2) is 17.2 Å². The molecule has 0 aliphatic carbocycles. The lowest BCUT2D eigenvalue weighted by Crippen LogP contribution is -2.15. The van der Waals surface area contributed by atoms with Crippen LogP contribution in [0.25, 0.3) is 16.9 Å². The molecule has 0 spiro atoms. The number of ether oxygens (including phenoxy) is 4. The highest BCUT2D eigenvalue weighted by molar-refractivity contribution is 6.07. The first kappa shape index (κ1) is 26.0. The van der Waals surface area contributed by atoms with Crippen LogP contribution in [0.2, 0.25) is 0 Å². The molecule has 1 N–H and O–H groups in total. The second-order valence-corrected chi connectivity index (χ2v) is 7.96. The van der Waals surface area contributed by atoms with Crippen LogP contribution in [0, 0.1) is 0 Å². The van der Waals surface area contributed by atoms with Gasteiger partial charge in [-0.05, 0) is 48.0 Å². The van der Waals surface area contributed by atoms with E-state index in [9.17, 15) is 14.4 Å². The highest BCUT2D eigenvalue weighted by atomic mass is 16.5. The second kappa shape index (κ2) is 11.3. The Kier molecular flexibility index (Phi) is 7.72. The first-order chi connectivity index (χ1) is 18.4. The van der Waals surface area contributed by atoms with E-state index in [0.717, 1.165) is 5.56 Å². The summed E-state index contributed by atoms with van der Waals surface area (Å²) in [5.74, 6) is -1.75. The van der Waals surface area contributed by atoms with Crippen LogP contribution in [0.15, 0.2) is 72.8 Å². The van der Waals surface area contributed by atoms with Gasteiger partial charge in [-0.1, -0.05) is 30.3 Å². The summed E-state index contributed by atoms with van der Waals surface area (Å²) in [7, 11) is 3.90. The maximum atomic E-state index is 12.9. The van der Waals surface area contributed by atoms with Gasteiger partial charge in [0.25, 0.3) is 0 Å². The number of para-hydroxylation sites is 1. The van der Waals surface area contributed by atoms with E-state index in [2.05, 4.69) is 5.10 Å². The topological polar surface area (TPSA) is 126 Å². The summed E-state index contributed by atoms with van der Waals surface area (Å²) in [4.78, 5) is 36.7. The fourth-order valence-electron chi connectivity index (χ4n) is 3.80. The Labute approximate surface area is 217 Å². The van der Waals surface area contributed by atoms with Gasteiger partial charge in [-0.2, -0.15) is 5.10 Å². The maximum Gasteiger partial charge on any atom is 0.357 e. The molecule has 3 aromatic carbocycles. The van der Waals surface area contributed by atoms with Crippen molar-refractivity contribution in [2.75, 3.05) is 21.3 Å². The molecule has 10 heteroatoms. The lowest BCUT2D eigenvalue weighted by molar-refractivity contribution is 0.0549. The van der Waals surface area contributed by atoms with E-state index in [4.69, 9.17) is 24.1 Å². The third kappa shape index (κ3) is 5.19. The number of methoxy groups -OCH3 is 3. The summed E-state index contributed by atoms with van der Waals surface area (Å²) in [6.07, 6.45) is 0. The highest BCUT2D eigenvalue weighted by Gasteiger charge is 2.31. The van der Waals surface area contributed by atoms with Crippen LogP contribution in [-0.2, 0) is 16.1 Å². The average molecular weight is 517 g/mol. The molecule has 0 unspecified atom stereocenters. The van der Waals surface area contributed by atoms with Gasteiger partial charge in [-0.25, -0.2) is 19.1 Å². The summed E-state index contributed by atoms with van der Waals surface area (Å²) in [5.41, 5.74) is 2.01. The van der Waals surface area contributed by atoms with Crippen molar-refractivity contribution in [3.8, 4) is 28.4 Å². The van der Waals surface area contributed by atoms with Crippen molar-refractivity contribution in [2.45, 2.75) is 6.61 Å². The van der Waals surface area contributed by atoms with Gasteiger partial charge < -0.3 is 24.1 Å². The van der Waals surface area contributed by atoms with E-state index in [0.29, 0.717) is 22.7 Å². The zero-order chi connectivity index (χ0) is 27.2. The molecule has 10 nitrogen and oxygen atoms in total. The number of nitrogens with zero attached hydrogens (tertiary/aromatic N) is 2. The number of carbonyl (C=O) groups is 3. The van der Waals surface area contributed by atoms with Crippen molar-refractivity contribution in [2.24, 2.45) is 0 Å². The van der Waals surface area contributed by atoms with Gasteiger partial charge >= 0.3 is 17.9 Å². The van der Waals surface area contributed by atoms with Crippen LogP contribution in [0.3, 0.4) is 0 Å². The fraction of sp³-hybridized carbons (Fsp3) is 0.143. The molecule has 4 rings (SSSR count). The van der Waals surface area contributed by atoms with E-state index in [1.165, 1.54) is 38.1 Å². The van der Waals surface area contributed by atoms with E-state index in [1.54, 1.807) is 54.6 Å². The minimum absolute atomic E-state index is 0.0579. The summed E-state index contributed by atoms with van der Waals surface area (Å²) in [5, 5.41) is 13.6. The van der Waals surface area contributed by atoms with Crippen molar-refractivity contribution in [3.05, 3.63) is 95.2 Å². The molecule has 0 saturated carbocycles. The number of rotatable bonds is 9. The Balaban J connectivity index is 1.74. The van der Waals surface area contributed by atoms with Crippen molar-refractivity contribution in [1.29, 1.82) is 0 Å². The molecule has 4 aromatic rings. The molecule has 0 aliphatic rings. The predicted molar refractivity (Wildman–Crippen MR) is 136 cm³/mol. The number of esters is 2. The third-order valence-electron chi connectivity index (χ3n) is 5.69. The normalized spacial score (nSPS) is 10.5. The van der Waals surface area contributed by atoms with Crippen molar-refractivity contribution >= 4 is 17.9 Å². The molecule has 0 aliphatic heterocycles. The van der Waals surface area contributed by atoms with Gasteiger partial charge in [0.1, 0.15) is 17.9 Å². The minimum Gasteiger partial charge on any atom is -0.493 e. The van der Waals surface area contributed by atoms with Gasteiger partial charge in [0.05, 0.1) is 32.6 Å². The quantitative estimate of drug-likeness (QED) is 0.322. The van der Waals surface area contributed by atoms with Gasteiger partial charge in [0.2, 0.25) is 0 Å². The van der Waals surface area contributed by atoms with E-state index in [-0.39, 0.29) is 29.1 Å². The summed E-state index contributed by atoms with van der Waals surface area (Å²) in [6, 6.07) is 20.1. The van der Waals surface area contributed by atoms with Crippen molar-refractivity contribution in [3.63, 3.8) is 0 Å². The summed E-state index contributed by atoms with van der Waals surface area (Å²) in [6.45, 7) is 0.165. The zero-order valence-corrected chi connectivity index (χ0v) is 20.8. The number of hydrogen-bond donors (Lipinski definition) is 1. The highest BCUT2D eigenvalue weighted by Crippen LogP contribution is 2.36. The summed E-state index contributed by atoms with van der Waals surface area (Å²) < 4.78 is 22.7. The van der Waals surface area contributed by atoms with Crippen molar-refractivity contribution < 1.29 is 38.4 Å². The molecule has 1 heterocycles. The molecule has 38 heavy (non-hydrogen) atoms. The number of carbonyl (C=O) groups excluding carboxylic acids is 2. The number of aromatic carboxylic acids is 1. The SMILES string of the molecule is COC(=O)c1c(-c2ccc(OCc3ccc(C(=O)O)cc3)c(OC)c2)nn(-c2ccccc2)c1C(=O)OC. The van der Waals surface area contributed by atoms with Crippen LogP contribution in [0.4, 0.5) is 0 Å². The molecular weight excluding hydrogens is 492 g/mol. The predicted octanol–water partition coefficient (Wildman–Crippen LogP) is 4.40. The van der Waals surface area contributed by atoms with Crippen LogP contribution in [0.5, 0.6) is 11.5 Å².